The Morgan fingerprint density at radius 1 is 1.12 bits per heavy atom. The lowest BCUT2D eigenvalue weighted by Gasteiger charge is -2.14. The smallest absolute Gasteiger partial charge is 0.271 e. The summed E-state index contributed by atoms with van der Waals surface area (Å²) in [5.74, 6) is -0.532. The molecule has 3 aromatic carbocycles. The van der Waals surface area contributed by atoms with E-state index < -0.39 is 10.8 Å². The molecular weight excluding hydrogens is 476 g/mol. The van der Waals surface area contributed by atoms with Gasteiger partial charge >= 0.3 is 0 Å². The van der Waals surface area contributed by atoms with Gasteiger partial charge < -0.3 is 5.32 Å². The first kappa shape index (κ1) is 23.5. The molecule has 34 heavy (non-hydrogen) atoms. The van der Waals surface area contributed by atoms with Gasteiger partial charge in [0, 0.05) is 12.1 Å². The number of nitrogens with zero attached hydrogens (tertiary/aromatic N) is 3. The van der Waals surface area contributed by atoms with Crippen molar-refractivity contribution in [2.24, 2.45) is 0 Å². The molecule has 0 fully saturated rings. The fourth-order valence-electron chi connectivity index (χ4n) is 3.34. The number of hydrogen-bond acceptors (Lipinski definition) is 6. The van der Waals surface area contributed by atoms with Gasteiger partial charge in [-0.2, -0.15) is 0 Å². The van der Waals surface area contributed by atoms with Gasteiger partial charge in [-0.3, -0.25) is 24.3 Å². The molecule has 10 heteroatoms. The van der Waals surface area contributed by atoms with Crippen LogP contribution in [0.1, 0.15) is 11.1 Å². The van der Waals surface area contributed by atoms with Crippen LogP contribution in [0.4, 0.5) is 11.4 Å². The fourth-order valence-corrected chi connectivity index (χ4v) is 4.32. The maximum absolute atomic E-state index is 13.4. The van der Waals surface area contributed by atoms with Crippen LogP contribution in [0, 0.1) is 24.0 Å². The molecule has 0 aliphatic heterocycles. The number of nitro groups is 1. The molecule has 0 radical (unpaired) electrons. The van der Waals surface area contributed by atoms with Crippen LogP contribution in [-0.2, 0) is 4.79 Å². The molecule has 0 bridgehead atoms. The summed E-state index contributed by atoms with van der Waals surface area (Å²) in [6.07, 6.45) is 0. The normalized spacial score (nSPS) is 10.9. The average molecular weight is 495 g/mol. The van der Waals surface area contributed by atoms with Crippen LogP contribution < -0.4 is 10.9 Å². The zero-order valence-electron chi connectivity index (χ0n) is 18.2. The Balaban J connectivity index is 1.67. The van der Waals surface area contributed by atoms with E-state index in [4.69, 9.17) is 11.6 Å². The number of rotatable bonds is 6. The molecule has 4 aromatic rings. The molecular formula is C24H19ClN4O4S. The van der Waals surface area contributed by atoms with E-state index in [1.54, 1.807) is 24.3 Å². The van der Waals surface area contributed by atoms with E-state index in [2.05, 4.69) is 10.3 Å². The molecule has 0 saturated heterocycles. The second-order valence-corrected chi connectivity index (χ2v) is 8.93. The van der Waals surface area contributed by atoms with Gasteiger partial charge in [-0.1, -0.05) is 41.6 Å². The van der Waals surface area contributed by atoms with E-state index in [1.165, 1.54) is 22.8 Å². The number of aromatic nitrogens is 2. The van der Waals surface area contributed by atoms with Crippen LogP contribution in [0.15, 0.2) is 70.6 Å². The lowest BCUT2D eigenvalue weighted by molar-refractivity contribution is -0.384. The number of para-hydroxylation sites is 1. The Kier molecular flexibility index (Phi) is 6.67. The van der Waals surface area contributed by atoms with Gasteiger partial charge in [-0.25, -0.2) is 4.98 Å². The highest BCUT2D eigenvalue weighted by molar-refractivity contribution is 7.99. The number of hydrogen-bond donors (Lipinski definition) is 1. The minimum absolute atomic E-state index is 0.0886. The van der Waals surface area contributed by atoms with E-state index >= 15 is 0 Å². The lowest BCUT2D eigenvalue weighted by atomic mass is 10.1. The van der Waals surface area contributed by atoms with E-state index in [0.29, 0.717) is 21.7 Å². The standard InChI is InChI=1S/C24H19ClN4O4S/c1-14-7-8-16(11-15(14)2)28-23(31)18-5-3-4-6-20(18)27-24(28)34-13-22(30)26-21-12-17(29(32)33)9-10-19(21)25/h3-12H,13H2,1-2H3,(H,26,30). The Hall–Kier alpha value is -3.69. The highest BCUT2D eigenvalue weighted by Gasteiger charge is 2.17. The van der Waals surface area contributed by atoms with E-state index in [-0.39, 0.29) is 27.7 Å². The van der Waals surface area contributed by atoms with E-state index in [1.807, 2.05) is 32.0 Å². The lowest BCUT2D eigenvalue weighted by Crippen LogP contribution is -2.23. The predicted octanol–water partition coefficient (Wildman–Crippen LogP) is 5.29. The number of carbonyl (C=O) groups excluding carboxylic acids is 1. The van der Waals surface area contributed by atoms with Gasteiger partial charge in [0.05, 0.1) is 38.0 Å². The predicted molar refractivity (Wildman–Crippen MR) is 134 cm³/mol. The number of nitrogens with one attached hydrogen (secondary N) is 1. The second-order valence-electron chi connectivity index (χ2n) is 7.58. The third-order valence-electron chi connectivity index (χ3n) is 5.26. The first-order chi connectivity index (χ1) is 16.2. The number of anilines is 1. The van der Waals surface area contributed by atoms with Gasteiger partial charge in [0.25, 0.3) is 11.2 Å². The fraction of sp³-hybridized carbons (Fsp3) is 0.125. The molecule has 1 aromatic heterocycles. The molecule has 0 saturated carbocycles. The van der Waals surface area contributed by atoms with E-state index in [0.717, 1.165) is 22.9 Å². The Labute approximate surface area is 203 Å². The summed E-state index contributed by atoms with van der Waals surface area (Å²) in [6.45, 7) is 3.95. The van der Waals surface area contributed by atoms with Gasteiger partial charge in [0.15, 0.2) is 5.16 Å². The number of amides is 1. The zero-order chi connectivity index (χ0) is 24.4. The minimum atomic E-state index is -0.567. The number of benzene rings is 3. The number of halogens is 1. The maximum Gasteiger partial charge on any atom is 0.271 e. The van der Waals surface area contributed by atoms with Crippen LogP contribution in [0.3, 0.4) is 0 Å². The van der Waals surface area contributed by atoms with Crippen molar-refractivity contribution in [2.75, 3.05) is 11.1 Å². The Morgan fingerprint density at radius 2 is 1.88 bits per heavy atom. The van der Waals surface area contributed by atoms with Crippen molar-refractivity contribution in [1.82, 2.24) is 9.55 Å². The first-order valence-electron chi connectivity index (χ1n) is 10.2. The third-order valence-corrected chi connectivity index (χ3v) is 6.53. The molecule has 0 aliphatic rings. The minimum Gasteiger partial charge on any atom is -0.324 e. The summed E-state index contributed by atoms with van der Waals surface area (Å²) >= 11 is 7.17. The molecule has 0 unspecified atom stereocenters. The molecule has 8 nitrogen and oxygen atoms in total. The van der Waals surface area contributed by atoms with Crippen molar-refractivity contribution >= 4 is 51.5 Å². The first-order valence-corrected chi connectivity index (χ1v) is 11.6. The van der Waals surface area contributed by atoms with Gasteiger partial charge in [0.2, 0.25) is 5.91 Å². The van der Waals surface area contributed by atoms with Crippen molar-refractivity contribution < 1.29 is 9.72 Å². The Morgan fingerprint density at radius 3 is 2.62 bits per heavy atom. The van der Waals surface area contributed by atoms with Crippen molar-refractivity contribution in [3.63, 3.8) is 0 Å². The molecule has 172 valence electrons. The summed E-state index contributed by atoms with van der Waals surface area (Å²) in [5, 5.41) is 14.6. The number of aryl methyl sites for hydroxylation is 2. The van der Waals surface area contributed by atoms with E-state index in [9.17, 15) is 19.7 Å². The number of thioether (sulfide) groups is 1. The van der Waals surface area contributed by atoms with Crippen molar-refractivity contribution in [3.8, 4) is 5.69 Å². The van der Waals surface area contributed by atoms with Crippen molar-refractivity contribution in [3.05, 3.63) is 97.3 Å². The summed E-state index contributed by atoms with van der Waals surface area (Å²) in [4.78, 5) is 41.1. The molecule has 1 heterocycles. The van der Waals surface area contributed by atoms with Crippen LogP contribution in [-0.4, -0.2) is 26.1 Å². The molecule has 4 rings (SSSR count). The highest BCUT2D eigenvalue weighted by atomic mass is 35.5. The average Bonchev–Trinajstić information content (AvgIpc) is 2.81. The monoisotopic (exact) mass is 494 g/mol. The summed E-state index contributed by atoms with van der Waals surface area (Å²) in [7, 11) is 0. The highest BCUT2D eigenvalue weighted by Crippen LogP contribution is 2.28. The van der Waals surface area contributed by atoms with Crippen LogP contribution in [0.2, 0.25) is 5.02 Å². The molecule has 0 aliphatic carbocycles. The third kappa shape index (κ3) is 4.80. The van der Waals surface area contributed by atoms with Gasteiger partial charge in [0.1, 0.15) is 0 Å². The molecule has 0 spiro atoms. The van der Waals surface area contributed by atoms with Crippen molar-refractivity contribution in [1.29, 1.82) is 0 Å². The topological polar surface area (TPSA) is 107 Å². The van der Waals surface area contributed by atoms with Crippen molar-refractivity contribution in [2.45, 2.75) is 19.0 Å². The van der Waals surface area contributed by atoms with Gasteiger partial charge in [-0.15, -0.1) is 0 Å². The summed E-state index contributed by atoms with van der Waals surface area (Å²) < 4.78 is 1.49. The number of fused-ring (bicyclic) bond motifs is 1. The van der Waals surface area contributed by atoms with Crippen LogP contribution in [0.5, 0.6) is 0 Å². The summed E-state index contributed by atoms with van der Waals surface area (Å²) in [5.41, 5.74) is 3.00. The SMILES string of the molecule is Cc1ccc(-n2c(SCC(=O)Nc3cc([N+](=O)[O-])ccc3Cl)nc3ccccc3c2=O)cc1C. The largest absolute Gasteiger partial charge is 0.324 e. The maximum atomic E-state index is 13.4. The van der Waals surface area contributed by atoms with Gasteiger partial charge in [-0.05, 0) is 55.3 Å². The number of nitro benzene ring substituents is 1. The zero-order valence-corrected chi connectivity index (χ0v) is 19.8. The quantitative estimate of drug-likeness (QED) is 0.169. The summed E-state index contributed by atoms with van der Waals surface area (Å²) in [6, 6.07) is 16.5. The van der Waals surface area contributed by atoms with Crippen LogP contribution >= 0.6 is 23.4 Å². The molecule has 1 N–H and O–H groups in total. The second kappa shape index (κ2) is 9.66. The Bertz CT molecular complexity index is 1500. The number of carbonyl (C=O) groups is 1. The number of non-ortho nitro benzene ring substituents is 1. The van der Waals surface area contributed by atoms with Crippen LogP contribution in [0.25, 0.3) is 16.6 Å². The molecule has 1 amide bonds. The molecule has 0 atom stereocenters.